The van der Waals surface area contributed by atoms with Crippen LogP contribution < -0.4 is 25.2 Å². The van der Waals surface area contributed by atoms with Crippen molar-refractivity contribution in [2.24, 2.45) is 0 Å². The number of ether oxygens (including phenoxy) is 1. The number of fused-ring (bicyclic) bond motifs is 10. The van der Waals surface area contributed by atoms with Crippen molar-refractivity contribution < 1.29 is 4.74 Å². The number of hydrogen-bond acceptors (Lipinski definition) is 3. The average Bonchev–Trinajstić information content (AvgIpc) is 3.23. The highest BCUT2D eigenvalue weighted by atomic mass is 32.2. The molecule has 0 bridgehead atoms. The Kier molecular flexibility index (Phi) is 6.91. The topological polar surface area (TPSA) is 12.5 Å². The van der Waals surface area contributed by atoms with Gasteiger partial charge in [-0.2, -0.15) is 0 Å². The predicted octanol–water partition coefficient (Wildman–Crippen LogP) is 10.3. The van der Waals surface area contributed by atoms with Crippen LogP contribution in [0.2, 0.25) is 0 Å². The Balaban J connectivity index is 1.13. The summed E-state index contributed by atoms with van der Waals surface area (Å²) in [7, 11) is -1.86. The molecule has 0 saturated carbocycles. The summed E-state index contributed by atoms with van der Waals surface area (Å²) in [6, 6.07) is 71.7. The zero-order valence-corrected chi connectivity index (χ0v) is 30.8. The summed E-state index contributed by atoms with van der Waals surface area (Å²) >= 11 is 1.84. The molecule has 3 aliphatic rings. The van der Waals surface area contributed by atoms with Gasteiger partial charge >= 0.3 is 0 Å². The molecule has 0 aliphatic carbocycles. The molecule has 250 valence electrons. The smallest absolute Gasteiger partial charge is 0.133 e. The Morgan fingerprint density at radius 3 is 1.64 bits per heavy atom. The number of benzene rings is 8. The molecule has 8 aromatic carbocycles. The summed E-state index contributed by atoms with van der Waals surface area (Å²) in [5.41, 5.74) is 10.6. The fourth-order valence-corrected chi connectivity index (χ4v) is 13.6. The summed E-state index contributed by atoms with van der Waals surface area (Å²) in [6.45, 7) is 0. The summed E-state index contributed by atoms with van der Waals surface area (Å²) in [6.07, 6.45) is 0. The molecule has 4 heteroatoms. The third kappa shape index (κ3) is 4.53. The minimum atomic E-state index is -1.86. The molecule has 0 fully saturated rings. The Hall–Kier alpha value is -6.07. The van der Waals surface area contributed by atoms with Gasteiger partial charge in [0, 0.05) is 26.6 Å². The van der Waals surface area contributed by atoms with Gasteiger partial charge in [-0.1, -0.05) is 156 Å². The Labute approximate surface area is 315 Å². The molecule has 11 rings (SSSR count). The molecule has 3 aliphatic heterocycles. The lowest BCUT2D eigenvalue weighted by molar-refractivity contribution is 0.435. The first-order valence-electron chi connectivity index (χ1n) is 18.2. The van der Waals surface area contributed by atoms with Crippen LogP contribution in [0.15, 0.2) is 204 Å². The van der Waals surface area contributed by atoms with Crippen LogP contribution >= 0.6 is 11.8 Å². The first-order chi connectivity index (χ1) is 26.3. The van der Waals surface area contributed by atoms with Crippen molar-refractivity contribution in [3.63, 3.8) is 0 Å². The van der Waals surface area contributed by atoms with Gasteiger partial charge in [-0.25, -0.2) is 0 Å². The lowest BCUT2D eigenvalue weighted by Crippen LogP contribution is -2.62. The van der Waals surface area contributed by atoms with Crippen LogP contribution in [0.1, 0.15) is 22.3 Å². The highest BCUT2D eigenvalue weighted by molar-refractivity contribution is 7.99. The zero-order valence-electron chi connectivity index (χ0n) is 28.8. The minimum absolute atomic E-state index is 0.537. The van der Waals surface area contributed by atoms with E-state index in [1.807, 2.05) is 11.8 Å². The molecule has 0 saturated heterocycles. The molecule has 0 radical (unpaired) electrons. The van der Waals surface area contributed by atoms with E-state index in [9.17, 15) is 0 Å². The van der Waals surface area contributed by atoms with Gasteiger partial charge < -0.3 is 9.64 Å². The molecule has 0 amide bonds. The van der Waals surface area contributed by atoms with Gasteiger partial charge in [-0.15, -0.1) is 0 Å². The molecule has 53 heavy (non-hydrogen) atoms. The number of hydrogen-bond donors (Lipinski definition) is 0. The van der Waals surface area contributed by atoms with Crippen LogP contribution in [-0.4, -0.2) is 8.80 Å². The standard InChI is InChI=1S/C49H33NOSSi/c1-2-14-36(15-3-1)53-47-25-13-6-18-39(47)49(37-16-4-9-21-43(37)51-44-22-10-5-17-38(44)49)40-32-34(28-31-48(40)53)33-26-29-35(30-27-33)50-41-19-7-11-23-45(41)52-46-24-12-8-20-42(46)50/h1-32,53H. The van der Waals surface area contributed by atoms with E-state index in [0.29, 0.717) is 0 Å². The fourth-order valence-electron chi connectivity index (χ4n) is 9.08. The second-order valence-electron chi connectivity index (χ2n) is 14.0. The first-order valence-corrected chi connectivity index (χ1v) is 20.8. The van der Waals surface area contributed by atoms with Gasteiger partial charge in [-0.3, -0.25) is 0 Å². The Bertz CT molecular complexity index is 2620. The average molecular weight is 712 g/mol. The van der Waals surface area contributed by atoms with E-state index in [-0.39, 0.29) is 0 Å². The van der Waals surface area contributed by atoms with Gasteiger partial charge in [0.25, 0.3) is 0 Å². The Morgan fingerprint density at radius 2 is 0.962 bits per heavy atom. The molecule has 0 N–H and O–H groups in total. The van der Waals surface area contributed by atoms with Crippen molar-refractivity contribution in [1.82, 2.24) is 0 Å². The molecule has 2 nitrogen and oxygen atoms in total. The van der Waals surface area contributed by atoms with Crippen molar-refractivity contribution in [3.8, 4) is 22.6 Å². The maximum Gasteiger partial charge on any atom is 0.133 e. The summed E-state index contributed by atoms with van der Waals surface area (Å²) in [4.78, 5) is 4.93. The van der Waals surface area contributed by atoms with Crippen LogP contribution in [0.3, 0.4) is 0 Å². The van der Waals surface area contributed by atoms with E-state index in [0.717, 1.165) is 17.2 Å². The highest BCUT2D eigenvalue weighted by Gasteiger charge is 2.51. The lowest BCUT2D eigenvalue weighted by atomic mass is 9.63. The number of para-hydroxylation sites is 4. The number of nitrogens with zero attached hydrogens (tertiary/aromatic N) is 1. The largest absolute Gasteiger partial charge is 0.457 e. The van der Waals surface area contributed by atoms with Gasteiger partial charge in [0.15, 0.2) is 0 Å². The summed E-state index contributed by atoms with van der Waals surface area (Å²) < 4.78 is 6.69. The second kappa shape index (κ2) is 12.0. The van der Waals surface area contributed by atoms with Crippen LogP contribution in [0, 0.1) is 0 Å². The third-order valence-electron chi connectivity index (χ3n) is 11.3. The van der Waals surface area contributed by atoms with E-state index in [1.54, 1.807) is 0 Å². The molecule has 1 atom stereocenters. The third-order valence-corrected chi connectivity index (χ3v) is 15.7. The van der Waals surface area contributed by atoms with E-state index >= 15 is 0 Å². The lowest BCUT2D eigenvalue weighted by Gasteiger charge is -2.47. The highest BCUT2D eigenvalue weighted by Crippen LogP contribution is 2.56. The van der Waals surface area contributed by atoms with Crippen molar-refractivity contribution >= 4 is 53.2 Å². The quantitative estimate of drug-likeness (QED) is 0.169. The second-order valence-corrected chi connectivity index (χ2v) is 17.9. The first kappa shape index (κ1) is 30.5. The van der Waals surface area contributed by atoms with Gasteiger partial charge in [0.05, 0.1) is 16.8 Å². The normalized spacial score (nSPS) is 15.5. The number of anilines is 3. The van der Waals surface area contributed by atoms with Crippen molar-refractivity contribution in [1.29, 1.82) is 0 Å². The summed E-state index contributed by atoms with van der Waals surface area (Å²) in [5.74, 6) is 1.84. The number of rotatable bonds is 3. The zero-order chi connectivity index (χ0) is 34.9. The summed E-state index contributed by atoms with van der Waals surface area (Å²) in [5, 5.41) is 4.36. The molecule has 0 aromatic heterocycles. The van der Waals surface area contributed by atoms with Gasteiger partial charge in [0.1, 0.15) is 20.3 Å². The molecule has 8 aromatic rings. The van der Waals surface area contributed by atoms with E-state index in [4.69, 9.17) is 4.74 Å². The van der Waals surface area contributed by atoms with Gasteiger partial charge in [-0.05, 0) is 87.2 Å². The molecule has 1 spiro atoms. The van der Waals surface area contributed by atoms with Gasteiger partial charge in [0.2, 0.25) is 0 Å². The predicted molar refractivity (Wildman–Crippen MR) is 222 cm³/mol. The van der Waals surface area contributed by atoms with Crippen LogP contribution in [0.25, 0.3) is 11.1 Å². The maximum absolute atomic E-state index is 6.69. The molecule has 1 unspecified atom stereocenters. The molecular formula is C49H33NOSSi. The van der Waals surface area contributed by atoms with E-state index < -0.39 is 14.2 Å². The van der Waals surface area contributed by atoms with E-state index in [1.165, 1.54) is 70.1 Å². The molecular weight excluding hydrogens is 679 g/mol. The Morgan fingerprint density at radius 1 is 0.434 bits per heavy atom. The van der Waals surface area contributed by atoms with Crippen LogP contribution in [0.4, 0.5) is 17.1 Å². The monoisotopic (exact) mass is 711 g/mol. The van der Waals surface area contributed by atoms with Crippen LogP contribution in [-0.2, 0) is 5.41 Å². The minimum Gasteiger partial charge on any atom is -0.457 e. The maximum atomic E-state index is 6.69. The SMILES string of the molecule is c1ccc([SiH]2c3ccccc3C3(c4ccccc4Oc4ccccc43)c3cc(-c4ccc(N5c6ccccc6Sc6ccccc65)cc4)ccc32)cc1. The van der Waals surface area contributed by atoms with Crippen molar-refractivity contribution in [2.75, 3.05) is 4.90 Å². The van der Waals surface area contributed by atoms with Crippen molar-refractivity contribution in [2.45, 2.75) is 15.2 Å². The van der Waals surface area contributed by atoms with E-state index in [2.05, 4.69) is 199 Å². The van der Waals surface area contributed by atoms with Crippen molar-refractivity contribution in [3.05, 3.63) is 216 Å². The fraction of sp³-hybridized carbons (Fsp3) is 0.0204. The molecule has 3 heterocycles. The van der Waals surface area contributed by atoms with Crippen LogP contribution in [0.5, 0.6) is 11.5 Å².